The second kappa shape index (κ2) is 4.93. The van der Waals surface area contributed by atoms with Crippen molar-refractivity contribution >= 4 is 27.0 Å². The van der Waals surface area contributed by atoms with Gasteiger partial charge in [-0.25, -0.2) is 13.1 Å². The van der Waals surface area contributed by atoms with E-state index >= 15 is 0 Å². The summed E-state index contributed by atoms with van der Waals surface area (Å²) < 4.78 is 26.9. The Morgan fingerprint density at radius 2 is 2.00 bits per heavy atom. The second-order valence-corrected chi connectivity index (χ2v) is 7.18. The molecule has 1 saturated carbocycles. The molecular weight excluding hydrogens is 260 g/mol. The topological polar surface area (TPSA) is 92.4 Å². The molecule has 17 heavy (non-hydrogen) atoms. The molecule has 5 nitrogen and oxygen atoms in total. The molecule has 0 unspecified atom stereocenters. The van der Waals surface area contributed by atoms with Crippen molar-refractivity contribution in [2.75, 3.05) is 5.73 Å². The molecular formula is C10H16N2O3S2. The van der Waals surface area contributed by atoms with Crippen molar-refractivity contribution in [3.05, 3.63) is 11.4 Å². The molecule has 0 spiro atoms. The predicted octanol–water partition coefficient (Wildman–Crippen LogP) is 0.912. The molecule has 1 aromatic heterocycles. The lowest BCUT2D eigenvalue weighted by Gasteiger charge is -2.25. The zero-order chi connectivity index (χ0) is 12.5. The standard InChI is InChI=1S/C10H16N2O3S2/c11-7-5-10(16-6-7)17(14,15)12-8-1-3-9(13)4-2-8/h5-6,8-9,12-13H,1-4,11H2. The summed E-state index contributed by atoms with van der Waals surface area (Å²) in [7, 11) is -3.45. The van der Waals surface area contributed by atoms with Gasteiger partial charge in [0.05, 0.1) is 6.10 Å². The molecule has 1 fully saturated rings. The minimum Gasteiger partial charge on any atom is -0.398 e. The Labute approximate surface area is 105 Å². The number of aliphatic hydroxyl groups excluding tert-OH is 1. The van der Waals surface area contributed by atoms with Crippen molar-refractivity contribution in [2.24, 2.45) is 0 Å². The summed E-state index contributed by atoms with van der Waals surface area (Å²) in [5.41, 5.74) is 5.98. The quantitative estimate of drug-likeness (QED) is 0.765. The number of rotatable bonds is 3. The van der Waals surface area contributed by atoms with Crippen LogP contribution in [0.25, 0.3) is 0 Å². The van der Waals surface area contributed by atoms with E-state index in [2.05, 4.69) is 4.72 Å². The van der Waals surface area contributed by atoms with Crippen LogP contribution in [0.5, 0.6) is 0 Å². The van der Waals surface area contributed by atoms with E-state index in [-0.39, 0.29) is 16.4 Å². The van der Waals surface area contributed by atoms with E-state index in [1.807, 2.05) is 0 Å². The van der Waals surface area contributed by atoms with E-state index in [1.54, 1.807) is 5.38 Å². The molecule has 96 valence electrons. The number of nitrogens with two attached hydrogens (primary N) is 1. The van der Waals surface area contributed by atoms with Crippen LogP contribution in [0.3, 0.4) is 0 Å². The summed E-state index contributed by atoms with van der Waals surface area (Å²) in [6.45, 7) is 0. The zero-order valence-corrected chi connectivity index (χ0v) is 10.9. The van der Waals surface area contributed by atoms with E-state index in [1.165, 1.54) is 6.07 Å². The number of aliphatic hydroxyl groups is 1. The maximum atomic E-state index is 12.0. The Kier molecular flexibility index (Phi) is 3.72. The van der Waals surface area contributed by atoms with Crippen LogP contribution in [0.2, 0.25) is 0 Å². The van der Waals surface area contributed by atoms with Gasteiger partial charge in [-0.05, 0) is 31.7 Å². The highest BCUT2D eigenvalue weighted by Crippen LogP contribution is 2.24. The number of hydrogen-bond acceptors (Lipinski definition) is 5. The largest absolute Gasteiger partial charge is 0.398 e. The minimum absolute atomic E-state index is 0.0771. The van der Waals surface area contributed by atoms with Gasteiger partial charge < -0.3 is 10.8 Å². The smallest absolute Gasteiger partial charge is 0.250 e. The van der Waals surface area contributed by atoms with Gasteiger partial charge in [0.15, 0.2) is 0 Å². The lowest BCUT2D eigenvalue weighted by Crippen LogP contribution is -2.38. The minimum atomic E-state index is -3.45. The summed E-state index contributed by atoms with van der Waals surface area (Å²) in [5, 5.41) is 11.0. The van der Waals surface area contributed by atoms with Crippen molar-refractivity contribution in [3.63, 3.8) is 0 Å². The van der Waals surface area contributed by atoms with Crippen LogP contribution in [0.1, 0.15) is 25.7 Å². The first-order chi connectivity index (χ1) is 7.97. The van der Waals surface area contributed by atoms with Gasteiger partial charge >= 0.3 is 0 Å². The fourth-order valence-corrected chi connectivity index (χ4v) is 4.34. The lowest BCUT2D eigenvalue weighted by molar-refractivity contribution is 0.120. The third-order valence-electron chi connectivity index (χ3n) is 2.88. The monoisotopic (exact) mass is 276 g/mol. The van der Waals surface area contributed by atoms with Crippen molar-refractivity contribution in [1.29, 1.82) is 0 Å². The van der Waals surface area contributed by atoms with Gasteiger partial charge in [-0.1, -0.05) is 0 Å². The Morgan fingerprint density at radius 3 is 2.53 bits per heavy atom. The number of sulfonamides is 1. The summed E-state index contributed by atoms with van der Waals surface area (Å²) in [6.07, 6.45) is 2.38. The molecule has 0 bridgehead atoms. The van der Waals surface area contributed by atoms with Crippen LogP contribution < -0.4 is 10.5 Å². The van der Waals surface area contributed by atoms with Crippen molar-refractivity contribution < 1.29 is 13.5 Å². The molecule has 1 heterocycles. The highest BCUT2D eigenvalue weighted by molar-refractivity contribution is 7.91. The van der Waals surface area contributed by atoms with Crippen LogP contribution in [0, 0.1) is 0 Å². The molecule has 1 aliphatic rings. The fraction of sp³-hybridized carbons (Fsp3) is 0.600. The Balaban J connectivity index is 2.03. The van der Waals surface area contributed by atoms with E-state index in [9.17, 15) is 13.5 Å². The van der Waals surface area contributed by atoms with Gasteiger partial charge in [-0.15, -0.1) is 11.3 Å². The normalized spacial score (nSPS) is 25.9. The summed E-state index contributed by atoms with van der Waals surface area (Å²) >= 11 is 1.12. The average molecular weight is 276 g/mol. The number of nitrogen functional groups attached to an aromatic ring is 1. The molecule has 1 aromatic rings. The average Bonchev–Trinajstić information content (AvgIpc) is 2.69. The van der Waals surface area contributed by atoms with Crippen LogP contribution in [-0.2, 0) is 10.0 Å². The molecule has 0 aromatic carbocycles. The van der Waals surface area contributed by atoms with Crippen molar-refractivity contribution in [3.8, 4) is 0 Å². The summed E-state index contributed by atoms with van der Waals surface area (Å²) in [6, 6.07) is 1.39. The van der Waals surface area contributed by atoms with Gasteiger partial charge in [0.2, 0.25) is 10.0 Å². The number of hydrogen-bond donors (Lipinski definition) is 3. The third-order valence-corrected chi connectivity index (χ3v) is 5.86. The fourth-order valence-electron chi connectivity index (χ4n) is 1.94. The first-order valence-corrected chi connectivity index (χ1v) is 7.88. The van der Waals surface area contributed by atoms with E-state index in [0.29, 0.717) is 31.4 Å². The van der Waals surface area contributed by atoms with Crippen molar-refractivity contribution in [2.45, 2.75) is 42.0 Å². The number of nitrogens with one attached hydrogen (secondary N) is 1. The van der Waals surface area contributed by atoms with Crippen LogP contribution >= 0.6 is 11.3 Å². The van der Waals surface area contributed by atoms with Gasteiger partial charge in [0.25, 0.3) is 0 Å². The molecule has 0 saturated heterocycles. The van der Waals surface area contributed by atoms with Crippen molar-refractivity contribution in [1.82, 2.24) is 4.72 Å². The Hall–Kier alpha value is -0.630. The predicted molar refractivity (Wildman–Crippen MR) is 67.3 cm³/mol. The van der Waals surface area contributed by atoms with Gasteiger partial charge in [-0.3, -0.25) is 0 Å². The first-order valence-electron chi connectivity index (χ1n) is 5.52. The summed E-state index contributed by atoms with van der Waals surface area (Å²) in [5.74, 6) is 0. The maximum Gasteiger partial charge on any atom is 0.250 e. The van der Waals surface area contributed by atoms with Crippen LogP contribution in [-0.4, -0.2) is 25.7 Å². The van der Waals surface area contributed by atoms with Gasteiger partial charge in [0, 0.05) is 17.1 Å². The number of thiophene rings is 1. The van der Waals surface area contributed by atoms with E-state index in [0.717, 1.165) is 11.3 Å². The molecule has 0 radical (unpaired) electrons. The molecule has 2 rings (SSSR count). The maximum absolute atomic E-state index is 12.0. The number of anilines is 1. The first kappa shape index (κ1) is 12.8. The molecule has 7 heteroatoms. The van der Waals surface area contributed by atoms with Crippen LogP contribution in [0.15, 0.2) is 15.7 Å². The van der Waals surface area contributed by atoms with Gasteiger partial charge in [-0.2, -0.15) is 0 Å². The lowest BCUT2D eigenvalue weighted by atomic mass is 9.94. The Bertz CT molecular complexity index is 475. The molecule has 4 N–H and O–H groups in total. The Morgan fingerprint density at radius 1 is 1.35 bits per heavy atom. The highest BCUT2D eigenvalue weighted by Gasteiger charge is 2.25. The van der Waals surface area contributed by atoms with Crippen LogP contribution in [0.4, 0.5) is 5.69 Å². The zero-order valence-electron chi connectivity index (χ0n) is 9.30. The molecule has 0 amide bonds. The van der Waals surface area contributed by atoms with Gasteiger partial charge in [0.1, 0.15) is 4.21 Å². The van der Waals surface area contributed by atoms with E-state index in [4.69, 9.17) is 5.73 Å². The molecule has 0 atom stereocenters. The SMILES string of the molecule is Nc1csc(S(=O)(=O)NC2CCC(O)CC2)c1. The third kappa shape index (κ3) is 3.19. The highest BCUT2D eigenvalue weighted by atomic mass is 32.2. The molecule has 1 aliphatic carbocycles. The molecule has 0 aliphatic heterocycles. The second-order valence-electron chi connectivity index (χ2n) is 4.33. The summed E-state index contributed by atoms with van der Waals surface area (Å²) in [4.78, 5) is 0. The van der Waals surface area contributed by atoms with E-state index < -0.39 is 10.0 Å².